The molecule has 2 rings (SSSR count). The van der Waals surface area contributed by atoms with Crippen LogP contribution in [-0.4, -0.2) is 74.0 Å². The number of carbonyl (C=O) groups excluding carboxylic acids is 1. The number of unbranched alkanes of at least 4 members (excludes halogenated alkanes) is 2. The van der Waals surface area contributed by atoms with Crippen LogP contribution in [0.25, 0.3) is 0 Å². The summed E-state index contributed by atoms with van der Waals surface area (Å²) in [5.41, 5.74) is 0.317. The Hall–Kier alpha value is -3.54. The van der Waals surface area contributed by atoms with Crippen molar-refractivity contribution in [1.82, 2.24) is 0 Å². The van der Waals surface area contributed by atoms with Crippen molar-refractivity contribution in [3.63, 3.8) is 0 Å². The van der Waals surface area contributed by atoms with Gasteiger partial charge in [-0.1, -0.05) is 75.6 Å². The Balaban J connectivity index is 2.32. The number of ether oxygens (including phenoxy) is 3. The third-order valence-electron chi connectivity index (χ3n) is 9.03. The van der Waals surface area contributed by atoms with Crippen molar-refractivity contribution in [3.8, 4) is 0 Å². The molecule has 2 saturated heterocycles. The molecule has 7 atom stereocenters. The van der Waals surface area contributed by atoms with E-state index in [2.05, 4.69) is 13.8 Å². The first kappa shape index (κ1) is 40.6. The minimum absolute atomic E-state index is 0.187. The maximum Gasteiger partial charge on any atom is 0.328 e. The number of aliphatic carboxylic acids is 3. The predicted octanol–water partition coefficient (Wildman–Crippen LogP) is 6.52. The van der Waals surface area contributed by atoms with Crippen LogP contribution in [0, 0.1) is 11.8 Å². The molecular weight excluding hydrogens is 620 g/mol. The number of allylic oxidation sites excluding steroid dienone is 4. The van der Waals surface area contributed by atoms with E-state index in [9.17, 15) is 29.4 Å². The summed E-state index contributed by atoms with van der Waals surface area (Å²) in [6.45, 7) is 9.50. The van der Waals surface area contributed by atoms with Gasteiger partial charge in [0.05, 0.1) is 25.0 Å². The maximum absolute atomic E-state index is 12.9. The number of carboxylic acid groups (broad SMARTS) is 3. The molecule has 0 bridgehead atoms. The van der Waals surface area contributed by atoms with Gasteiger partial charge in [-0.15, -0.1) is 0 Å². The van der Waals surface area contributed by atoms with E-state index >= 15 is 0 Å². The van der Waals surface area contributed by atoms with E-state index in [1.807, 2.05) is 13.0 Å². The van der Waals surface area contributed by atoms with Gasteiger partial charge < -0.3 is 34.6 Å². The smallest absolute Gasteiger partial charge is 0.328 e. The molecule has 0 aliphatic carbocycles. The van der Waals surface area contributed by atoms with Crippen molar-refractivity contribution in [2.75, 3.05) is 0 Å². The van der Waals surface area contributed by atoms with Gasteiger partial charge in [-0.3, -0.25) is 9.59 Å². The van der Waals surface area contributed by atoms with Crippen molar-refractivity contribution in [1.29, 1.82) is 0 Å². The molecule has 11 heteroatoms. The predicted molar refractivity (Wildman–Crippen MR) is 180 cm³/mol. The minimum atomic E-state index is -1.09. The highest BCUT2D eigenvalue weighted by atomic mass is 16.7. The van der Waals surface area contributed by atoms with Gasteiger partial charge in [0.1, 0.15) is 11.7 Å². The Morgan fingerprint density at radius 1 is 0.917 bits per heavy atom. The summed E-state index contributed by atoms with van der Waals surface area (Å²) in [6, 6.07) is 0. The summed E-state index contributed by atoms with van der Waals surface area (Å²) >= 11 is 0. The lowest BCUT2D eigenvalue weighted by molar-refractivity contribution is -0.344. The summed E-state index contributed by atoms with van der Waals surface area (Å²) < 4.78 is 19.6. The number of hydrogen-bond donors (Lipinski definition) is 4. The van der Waals surface area contributed by atoms with E-state index in [0.29, 0.717) is 37.7 Å². The molecule has 2 aliphatic rings. The number of aliphatic hydroxyl groups is 1. The van der Waals surface area contributed by atoms with Crippen molar-refractivity contribution in [3.05, 3.63) is 59.8 Å². The summed E-state index contributed by atoms with van der Waals surface area (Å²) in [7, 11) is 0. The van der Waals surface area contributed by atoms with Gasteiger partial charge in [0.15, 0.2) is 5.79 Å². The van der Waals surface area contributed by atoms with Crippen LogP contribution >= 0.6 is 0 Å². The highest BCUT2D eigenvalue weighted by Gasteiger charge is 2.54. The van der Waals surface area contributed by atoms with Gasteiger partial charge in [0, 0.05) is 30.9 Å². The minimum Gasteiger partial charge on any atom is -0.481 e. The highest BCUT2D eigenvalue weighted by molar-refractivity contribution is 5.81. The van der Waals surface area contributed by atoms with Gasteiger partial charge in [-0.25, -0.2) is 9.59 Å². The van der Waals surface area contributed by atoms with E-state index in [4.69, 9.17) is 24.4 Å². The molecule has 1 spiro atoms. The molecule has 268 valence electrons. The lowest BCUT2D eigenvalue weighted by atomic mass is 9.78. The third kappa shape index (κ3) is 13.5. The second-order valence-corrected chi connectivity index (χ2v) is 13.2. The monoisotopic (exact) mass is 674 g/mol. The molecule has 11 nitrogen and oxygen atoms in total. The number of rotatable bonds is 18. The number of aliphatic hydroxyl groups excluding tert-OH is 1. The first-order valence-corrected chi connectivity index (χ1v) is 16.9. The molecule has 2 aliphatic heterocycles. The number of carboxylic acids is 3. The zero-order valence-electron chi connectivity index (χ0n) is 28.9. The normalized spacial score (nSPS) is 28.2. The summed E-state index contributed by atoms with van der Waals surface area (Å²) in [5.74, 6) is -4.97. The van der Waals surface area contributed by atoms with Crippen LogP contribution in [-0.2, 0) is 33.4 Å². The molecule has 0 aromatic heterocycles. The van der Waals surface area contributed by atoms with E-state index in [1.165, 1.54) is 6.08 Å². The first-order valence-electron chi connectivity index (χ1n) is 16.9. The Bertz CT molecular complexity index is 1260. The molecule has 0 unspecified atom stereocenters. The number of esters is 1. The van der Waals surface area contributed by atoms with Crippen LogP contribution < -0.4 is 0 Å². The maximum atomic E-state index is 12.9. The fourth-order valence-electron chi connectivity index (χ4n) is 6.01. The zero-order chi connectivity index (χ0) is 35.9. The first-order chi connectivity index (χ1) is 22.6. The molecule has 0 amide bonds. The topological polar surface area (TPSA) is 177 Å². The lowest BCUT2D eigenvalue weighted by Crippen LogP contribution is -2.59. The molecule has 0 saturated carbocycles. The van der Waals surface area contributed by atoms with Crippen molar-refractivity contribution in [2.45, 2.75) is 135 Å². The third-order valence-corrected chi connectivity index (χ3v) is 9.03. The quantitative estimate of drug-likeness (QED) is 0.0539. The van der Waals surface area contributed by atoms with Gasteiger partial charge in [-0.2, -0.15) is 0 Å². The zero-order valence-corrected chi connectivity index (χ0v) is 28.9. The molecular formula is C37H54O11. The van der Waals surface area contributed by atoms with Gasteiger partial charge in [-0.05, 0) is 57.4 Å². The Kier molecular flexibility index (Phi) is 16.5. The second-order valence-electron chi connectivity index (χ2n) is 13.2. The standard InChI is InChI=1S/C37H54O11/c1-6-7-8-20-36(48-35(45)18-17-33(41)42)22-23-37(47-31(36)15-11-26(3)24-34(43)44)21-19-28(5)30(46-37)14-10-25(2)9-13-29(38)27(4)12-16-32(39)40/h9-13,15-16,24,27-31,38H,6-8,14,17-23H2,1-5H3,(H,39,40)(H,41,42)(H,43,44)/b13-9+,15-11+,16-12+,25-10+,26-24+/t27-,28-,29-,30+,31-,36+,37-/m1/s1. The van der Waals surface area contributed by atoms with Crippen LogP contribution in [0.2, 0.25) is 0 Å². The van der Waals surface area contributed by atoms with E-state index in [0.717, 1.165) is 43.4 Å². The highest BCUT2D eigenvalue weighted by Crippen LogP contribution is 2.48. The van der Waals surface area contributed by atoms with E-state index in [1.54, 1.807) is 38.2 Å². The SMILES string of the molecule is CCCCC[C@]1(OC(=O)CCC(=O)O)CC[C@@]2(CC[C@@H](C)[C@H](C/C=C(C)/C=C/[C@@H](O)[C@H](C)/C=C/C(=O)O)O2)O[C@@H]1/C=C/C(C)=C/C(=O)O. The fourth-order valence-corrected chi connectivity index (χ4v) is 6.01. The summed E-state index contributed by atoms with van der Waals surface area (Å²) in [6.07, 6.45) is 16.0. The van der Waals surface area contributed by atoms with Crippen molar-refractivity contribution in [2.24, 2.45) is 11.8 Å². The Labute approximate surface area is 284 Å². The van der Waals surface area contributed by atoms with E-state index < -0.39 is 47.5 Å². The van der Waals surface area contributed by atoms with Crippen molar-refractivity contribution >= 4 is 23.9 Å². The van der Waals surface area contributed by atoms with Crippen LogP contribution in [0.1, 0.15) is 105 Å². The van der Waals surface area contributed by atoms with Crippen LogP contribution in [0.3, 0.4) is 0 Å². The molecule has 2 heterocycles. The molecule has 48 heavy (non-hydrogen) atoms. The average Bonchev–Trinajstić information content (AvgIpc) is 3.02. The summed E-state index contributed by atoms with van der Waals surface area (Å²) in [4.78, 5) is 46.2. The van der Waals surface area contributed by atoms with Gasteiger partial charge in [0.2, 0.25) is 0 Å². The molecule has 2 fully saturated rings. The number of hydrogen-bond acceptors (Lipinski definition) is 8. The van der Waals surface area contributed by atoms with Crippen LogP contribution in [0.5, 0.6) is 0 Å². The van der Waals surface area contributed by atoms with Crippen molar-refractivity contribution < 1.29 is 53.8 Å². The Morgan fingerprint density at radius 3 is 2.29 bits per heavy atom. The Morgan fingerprint density at radius 2 is 1.65 bits per heavy atom. The second kappa shape index (κ2) is 19.5. The average molecular weight is 675 g/mol. The molecule has 0 aromatic carbocycles. The van der Waals surface area contributed by atoms with Gasteiger partial charge in [0.25, 0.3) is 0 Å². The van der Waals surface area contributed by atoms with Crippen LogP contribution in [0.4, 0.5) is 0 Å². The number of carbonyl (C=O) groups is 4. The lowest BCUT2D eigenvalue weighted by Gasteiger charge is -2.53. The van der Waals surface area contributed by atoms with E-state index in [-0.39, 0.29) is 30.8 Å². The van der Waals surface area contributed by atoms with Crippen LogP contribution in [0.15, 0.2) is 59.8 Å². The molecule has 0 radical (unpaired) electrons. The molecule has 4 N–H and O–H groups in total. The fraction of sp³-hybridized carbons (Fsp3) is 0.622. The summed E-state index contributed by atoms with van der Waals surface area (Å²) in [5, 5.41) is 37.6. The largest absolute Gasteiger partial charge is 0.481 e. The van der Waals surface area contributed by atoms with Gasteiger partial charge >= 0.3 is 23.9 Å². The molecule has 0 aromatic rings.